The molecule has 0 spiro atoms. The van der Waals surface area contributed by atoms with E-state index in [1.165, 1.54) is 0 Å². The molecule has 2 atom stereocenters. The van der Waals surface area contributed by atoms with Crippen LogP contribution in [0.2, 0.25) is 10.0 Å². The highest BCUT2D eigenvalue weighted by Gasteiger charge is 2.18. The topological polar surface area (TPSA) is 84.2 Å². The van der Waals surface area contributed by atoms with Gasteiger partial charge in [-0.15, -0.1) is 0 Å². The third-order valence-corrected chi connectivity index (χ3v) is 3.66. The molecule has 1 aromatic carbocycles. The van der Waals surface area contributed by atoms with Crippen molar-refractivity contribution in [2.45, 2.75) is 38.8 Å². The Morgan fingerprint density at radius 1 is 1.29 bits per heavy atom. The fourth-order valence-corrected chi connectivity index (χ4v) is 2.34. The fraction of sp³-hybridized carbons (Fsp3) is 0.429. The summed E-state index contributed by atoms with van der Waals surface area (Å²) in [6, 6.07) is 3.76. The molecule has 0 aromatic heterocycles. The summed E-state index contributed by atoms with van der Waals surface area (Å²) >= 11 is 12.0. The number of benzene rings is 1. The van der Waals surface area contributed by atoms with E-state index in [2.05, 4.69) is 10.6 Å². The predicted molar refractivity (Wildman–Crippen MR) is 84.6 cm³/mol. The number of nitrogens with two attached hydrogens (primary N) is 1. The summed E-state index contributed by atoms with van der Waals surface area (Å²) in [6.07, 6.45) is 1.32. The molecule has 0 bridgehead atoms. The Labute approximate surface area is 134 Å². The zero-order valence-corrected chi connectivity index (χ0v) is 13.5. The van der Waals surface area contributed by atoms with Gasteiger partial charge in [0.25, 0.3) is 0 Å². The molecule has 1 aromatic rings. The molecule has 3 amide bonds. The Balaban J connectivity index is 2.66. The van der Waals surface area contributed by atoms with Gasteiger partial charge in [0.05, 0.1) is 0 Å². The Morgan fingerprint density at radius 3 is 2.48 bits per heavy atom. The monoisotopic (exact) mass is 331 g/mol. The van der Waals surface area contributed by atoms with E-state index >= 15 is 0 Å². The number of urea groups is 1. The van der Waals surface area contributed by atoms with Gasteiger partial charge in [-0.25, -0.2) is 4.79 Å². The van der Waals surface area contributed by atoms with Crippen molar-refractivity contribution in [1.29, 1.82) is 0 Å². The van der Waals surface area contributed by atoms with E-state index in [9.17, 15) is 9.59 Å². The van der Waals surface area contributed by atoms with E-state index in [-0.39, 0.29) is 11.9 Å². The molecule has 7 heteroatoms. The fourth-order valence-electron chi connectivity index (χ4n) is 1.86. The molecule has 1 rings (SSSR count). The molecule has 0 heterocycles. The number of hydrogen-bond donors (Lipinski definition) is 3. The average molecular weight is 332 g/mol. The van der Waals surface area contributed by atoms with Gasteiger partial charge in [0.1, 0.15) is 6.04 Å². The molecule has 0 fully saturated rings. The lowest BCUT2D eigenvalue weighted by Crippen LogP contribution is -2.49. The van der Waals surface area contributed by atoms with E-state index in [0.717, 1.165) is 12.0 Å². The van der Waals surface area contributed by atoms with Crippen molar-refractivity contribution in [1.82, 2.24) is 10.6 Å². The number of carbonyl (C=O) groups is 2. The van der Waals surface area contributed by atoms with Gasteiger partial charge >= 0.3 is 6.03 Å². The van der Waals surface area contributed by atoms with Crippen LogP contribution < -0.4 is 16.4 Å². The second kappa shape index (κ2) is 8.10. The third-order valence-electron chi connectivity index (χ3n) is 3.07. The first-order chi connectivity index (χ1) is 9.83. The smallest absolute Gasteiger partial charge is 0.312 e. The van der Waals surface area contributed by atoms with E-state index in [4.69, 9.17) is 28.9 Å². The van der Waals surface area contributed by atoms with Gasteiger partial charge in [-0.1, -0.05) is 36.2 Å². The second-order valence-electron chi connectivity index (χ2n) is 4.78. The summed E-state index contributed by atoms with van der Waals surface area (Å²) in [6.45, 7) is 3.53. The molecule has 21 heavy (non-hydrogen) atoms. The normalized spacial score (nSPS) is 13.3. The minimum absolute atomic E-state index is 0.0895. The molecule has 0 radical (unpaired) electrons. The van der Waals surface area contributed by atoms with E-state index < -0.39 is 12.1 Å². The largest absolute Gasteiger partial charge is 0.352 e. The first-order valence-electron chi connectivity index (χ1n) is 6.63. The van der Waals surface area contributed by atoms with Gasteiger partial charge < -0.3 is 16.4 Å². The molecule has 5 nitrogen and oxygen atoms in total. The van der Waals surface area contributed by atoms with Crippen LogP contribution in [0.3, 0.4) is 0 Å². The molecular formula is C14H19Cl2N3O2. The third kappa shape index (κ3) is 5.81. The van der Waals surface area contributed by atoms with Crippen molar-refractivity contribution in [2.75, 3.05) is 0 Å². The number of halogens is 2. The number of rotatable bonds is 6. The Hall–Kier alpha value is -1.46. The van der Waals surface area contributed by atoms with Gasteiger partial charge in [-0.3, -0.25) is 4.79 Å². The van der Waals surface area contributed by atoms with E-state index in [1.54, 1.807) is 19.1 Å². The molecule has 0 unspecified atom stereocenters. The number of hydrogen-bond acceptors (Lipinski definition) is 2. The predicted octanol–water partition coefficient (Wildman–Crippen LogP) is 2.49. The van der Waals surface area contributed by atoms with Gasteiger partial charge in [0.15, 0.2) is 0 Å². The van der Waals surface area contributed by atoms with Crippen molar-refractivity contribution in [3.8, 4) is 0 Å². The van der Waals surface area contributed by atoms with Crippen LogP contribution in [0.1, 0.15) is 25.8 Å². The summed E-state index contributed by atoms with van der Waals surface area (Å²) in [4.78, 5) is 22.7. The summed E-state index contributed by atoms with van der Waals surface area (Å²) < 4.78 is 0. The van der Waals surface area contributed by atoms with Crippen LogP contribution in [0.25, 0.3) is 0 Å². The summed E-state index contributed by atoms with van der Waals surface area (Å²) in [5, 5.41) is 6.34. The maximum atomic E-state index is 11.9. The van der Waals surface area contributed by atoms with Gasteiger partial charge in [0, 0.05) is 16.1 Å². The second-order valence-corrected chi connectivity index (χ2v) is 5.63. The summed E-state index contributed by atoms with van der Waals surface area (Å²) in [5.74, 6) is -0.286. The van der Waals surface area contributed by atoms with E-state index in [1.807, 2.05) is 13.0 Å². The number of primary amides is 1. The molecule has 116 valence electrons. The molecule has 0 saturated carbocycles. The van der Waals surface area contributed by atoms with Crippen LogP contribution in [0.5, 0.6) is 0 Å². The molecule has 0 aliphatic heterocycles. The lowest BCUT2D eigenvalue weighted by molar-refractivity contribution is -0.123. The van der Waals surface area contributed by atoms with Crippen LogP contribution in [0.15, 0.2) is 18.2 Å². The maximum Gasteiger partial charge on any atom is 0.312 e. The molecule has 0 aliphatic carbocycles. The van der Waals surface area contributed by atoms with Crippen LogP contribution >= 0.6 is 23.2 Å². The van der Waals surface area contributed by atoms with Gasteiger partial charge in [-0.05, 0) is 37.5 Å². The zero-order valence-electron chi connectivity index (χ0n) is 12.0. The van der Waals surface area contributed by atoms with Crippen LogP contribution in [-0.2, 0) is 11.2 Å². The van der Waals surface area contributed by atoms with E-state index in [0.29, 0.717) is 16.5 Å². The summed E-state index contributed by atoms with van der Waals surface area (Å²) in [7, 11) is 0. The Kier molecular flexibility index (Phi) is 6.78. The summed E-state index contributed by atoms with van der Waals surface area (Å²) in [5.41, 5.74) is 5.90. The minimum Gasteiger partial charge on any atom is -0.352 e. The minimum atomic E-state index is -0.730. The molecule has 4 N–H and O–H groups in total. The molecular weight excluding hydrogens is 313 g/mol. The van der Waals surface area contributed by atoms with Crippen LogP contribution in [0, 0.1) is 0 Å². The van der Waals surface area contributed by atoms with Gasteiger partial charge in [-0.2, -0.15) is 0 Å². The van der Waals surface area contributed by atoms with Gasteiger partial charge in [0.2, 0.25) is 5.91 Å². The quantitative estimate of drug-likeness (QED) is 0.748. The Morgan fingerprint density at radius 2 is 1.95 bits per heavy atom. The Bertz CT molecular complexity index is 523. The van der Waals surface area contributed by atoms with Crippen LogP contribution in [-0.4, -0.2) is 24.0 Å². The number of nitrogens with one attached hydrogen (secondary N) is 2. The van der Waals surface area contributed by atoms with Crippen molar-refractivity contribution >= 4 is 35.1 Å². The first-order valence-corrected chi connectivity index (χ1v) is 7.39. The lowest BCUT2D eigenvalue weighted by atomic mass is 10.0. The molecule has 0 saturated heterocycles. The highest BCUT2D eigenvalue weighted by Crippen LogP contribution is 2.22. The lowest BCUT2D eigenvalue weighted by Gasteiger charge is -2.20. The van der Waals surface area contributed by atoms with Crippen LogP contribution in [0.4, 0.5) is 4.79 Å². The van der Waals surface area contributed by atoms with Crippen molar-refractivity contribution in [2.24, 2.45) is 5.73 Å². The highest BCUT2D eigenvalue weighted by atomic mass is 35.5. The average Bonchev–Trinajstić information content (AvgIpc) is 2.39. The number of amides is 3. The zero-order chi connectivity index (χ0) is 16.0. The standard InChI is InChI=1S/C14H19Cl2N3O2/c1-3-11(19-13(20)8(2)18-14(17)21)6-9-4-5-10(15)7-12(9)16/h4-5,7-8,11H,3,6H2,1-2H3,(H,19,20)(H3,17,18,21)/t8-,11+/m1/s1. The van der Waals surface area contributed by atoms with Crippen molar-refractivity contribution < 1.29 is 9.59 Å². The number of carbonyl (C=O) groups excluding carboxylic acids is 2. The SMILES string of the molecule is CC[C@@H](Cc1ccc(Cl)cc1Cl)NC(=O)[C@@H](C)NC(N)=O. The van der Waals surface area contributed by atoms with Crippen molar-refractivity contribution in [3.05, 3.63) is 33.8 Å². The van der Waals surface area contributed by atoms with Crippen molar-refractivity contribution in [3.63, 3.8) is 0 Å². The maximum absolute atomic E-state index is 11.9. The molecule has 0 aliphatic rings. The first kappa shape index (κ1) is 17.6. The highest BCUT2D eigenvalue weighted by molar-refractivity contribution is 6.35.